The molecule has 0 aromatic heterocycles. The highest BCUT2D eigenvalue weighted by Crippen LogP contribution is 2.61. The van der Waals surface area contributed by atoms with E-state index in [-0.39, 0.29) is 68.8 Å². The topological polar surface area (TPSA) is 152 Å². The van der Waals surface area contributed by atoms with Crippen LogP contribution >= 0.6 is 0 Å². The molecule has 4 aliphatic carbocycles. The summed E-state index contributed by atoms with van der Waals surface area (Å²) in [6.07, 6.45) is 25.8. The molecule has 11 heteroatoms. The summed E-state index contributed by atoms with van der Waals surface area (Å²) in [6, 6.07) is 0. The third kappa shape index (κ3) is 20.5. The molecule has 0 atom stereocenters. The van der Waals surface area contributed by atoms with Crippen molar-refractivity contribution < 1.29 is 52.8 Å². The predicted molar refractivity (Wildman–Crippen MR) is 222 cm³/mol. The van der Waals surface area contributed by atoms with E-state index in [0.29, 0.717) is 63.1 Å². The van der Waals surface area contributed by atoms with E-state index in [1.54, 1.807) is 0 Å². The zero-order chi connectivity index (χ0) is 41.9. The third-order valence-electron chi connectivity index (χ3n) is 12.7. The Morgan fingerprint density at radius 3 is 1.16 bits per heavy atom. The van der Waals surface area contributed by atoms with E-state index in [1.165, 1.54) is 70.6 Å². The number of hydrogen-bond donors (Lipinski definition) is 1. The van der Waals surface area contributed by atoms with Crippen molar-refractivity contribution in [1.82, 2.24) is 0 Å². The van der Waals surface area contributed by atoms with E-state index in [4.69, 9.17) is 23.7 Å². The summed E-state index contributed by atoms with van der Waals surface area (Å²) >= 11 is 0. The average Bonchev–Trinajstić information content (AvgIpc) is 3.19. The molecule has 11 nitrogen and oxygen atoms in total. The molecule has 0 radical (unpaired) electrons. The van der Waals surface area contributed by atoms with Crippen molar-refractivity contribution in [2.45, 2.75) is 200 Å². The van der Waals surface area contributed by atoms with Gasteiger partial charge in [0.15, 0.2) is 0 Å². The van der Waals surface area contributed by atoms with Crippen molar-refractivity contribution >= 4 is 29.8 Å². The van der Waals surface area contributed by atoms with Crippen LogP contribution < -0.4 is 0 Å². The number of carbonyl (C=O) groups excluding carboxylic acids is 5. The first-order valence-corrected chi connectivity index (χ1v) is 23.5. The second kappa shape index (κ2) is 28.7. The smallest absolute Gasteiger partial charge is 0.306 e. The summed E-state index contributed by atoms with van der Waals surface area (Å²) in [6.45, 7) is 3.84. The molecule has 0 amide bonds. The lowest BCUT2D eigenvalue weighted by Crippen LogP contribution is -2.47. The van der Waals surface area contributed by atoms with Gasteiger partial charge in [0.25, 0.3) is 0 Å². The van der Waals surface area contributed by atoms with Crippen molar-refractivity contribution in [3.63, 3.8) is 0 Å². The van der Waals surface area contributed by atoms with Crippen LogP contribution in [-0.4, -0.2) is 74.6 Å². The molecule has 0 heterocycles. The third-order valence-corrected chi connectivity index (χ3v) is 12.7. The van der Waals surface area contributed by atoms with E-state index in [0.717, 1.165) is 57.8 Å². The first-order valence-electron chi connectivity index (χ1n) is 23.5. The maximum Gasteiger partial charge on any atom is 0.306 e. The highest BCUT2D eigenvalue weighted by molar-refractivity contribution is 5.72. The molecule has 0 unspecified atom stereocenters. The molecule has 4 fully saturated rings. The highest BCUT2D eigenvalue weighted by Gasteiger charge is 2.52. The van der Waals surface area contributed by atoms with Crippen LogP contribution in [0.25, 0.3) is 0 Å². The van der Waals surface area contributed by atoms with Gasteiger partial charge in [-0.25, -0.2) is 0 Å². The van der Waals surface area contributed by atoms with Gasteiger partial charge in [0, 0.05) is 25.7 Å². The van der Waals surface area contributed by atoms with Crippen molar-refractivity contribution in [2.24, 2.45) is 28.6 Å². The Bertz CT molecular complexity index is 1110. The fourth-order valence-electron chi connectivity index (χ4n) is 9.68. The van der Waals surface area contributed by atoms with Crippen LogP contribution in [0.15, 0.2) is 0 Å². The van der Waals surface area contributed by atoms with E-state index < -0.39 is 24.0 Å². The Balaban J connectivity index is 1.39. The second-order valence-corrected chi connectivity index (χ2v) is 18.3. The summed E-state index contributed by atoms with van der Waals surface area (Å²) in [5, 5.41) is 10.6. The molecule has 0 aromatic rings. The molecule has 1 N–H and O–H groups in total. The number of rotatable bonds is 35. The zero-order valence-corrected chi connectivity index (χ0v) is 36.5. The monoisotopic (exact) mass is 821 g/mol. The number of unbranched alkanes of at least 4 members (excludes halogenated alkanes) is 14. The maximum atomic E-state index is 13.3. The van der Waals surface area contributed by atoms with E-state index in [9.17, 15) is 29.1 Å². The lowest BCUT2D eigenvalue weighted by atomic mass is 9.49. The first kappa shape index (κ1) is 49.7. The summed E-state index contributed by atoms with van der Waals surface area (Å²) in [7, 11) is 0. The largest absolute Gasteiger partial charge is 0.466 e. The van der Waals surface area contributed by atoms with Gasteiger partial charge in [0.2, 0.25) is 0 Å². The van der Waals surface area contributed by atoms with Gasteiger partial charge < -0.3 is 28.8 Å². The Morgan fingerprint density at radius 1 is 0.466 bits per heavy atom. The standard InChI is InChI=1S/C47H80O11/c1-3-5-7-9-11-13-19-25-54-41(49)21-15-17-23-43(51)56-35-47(34-48,37-58-45(53)33-46-30-38-27-39(31-46)29-40(28-38)32-46)36-57-44(52)24-18-16-22-42(50)55-26-20-14-12-10-8-6-4-2/h38-40,48H,3-37H2,1-2H3. The summed E-state index contributed by atoms with van der Waals surface area (Å²) in [5.74, 6) is 0.166. The number of ether oxygens (including phenoxy) is 5. The molecule has 334 valence electrons. The second-order valence-electron chi connectivity index (χ2n) is 18.3. The van der Waals surface area contributed by atoms with Crippen LogP contribution in [0.2, 0.25) is 0 Å². The minimum Gasteiger partial charge on any atom is -0.466 e. The van der Waals surface area contributed by atoms with Crippen LogP contribution in [0.1, 0.15) is 200 Å². The fraction of sp³-hybridized carbons (Fsp3) is 0.894. The molecule has 4 rings (SSSR count). The molecule has 58 heavy (non-hydrogen) atoms. The van der Waals surface area contributed by atoms with Crippen LogP contribution in [0.4, 0.5) is 0 Å². The number of esters is 5. The Kier molecular flexibility index (Phi) is 24.6. The number of hydrogen-bond acceptors (Lipinski definition) is 11. The predicted octanol–water partition coefficient (Wildman–Crippen LogP) is 9.91. The van der Waals surface area contributed by atoms with Gasteiger partial charge in [-0.05, 0) is 100 Å². The molecular formula is C47H80O11. The number of aliphatic hydroxyl groups excluding tert-OH is 1. The first-order chi connectivity index (χ1) is 28.1. The normalized spacial score (nSPS) is 20.8. The minimum absolute atomic E-state index is 0.0206. The maximum absolute atomic E-state index is 13.3. The Hall–Kier alpha value is -2.69. The van der Waals surface area contributed by atoms with Gasteiger partial charge in [-0.1, -0.05) is 90.9 Å². The molecule has 0 spiro atoms. The molecule has 0 aromatic carbocycles. The van der Waals surface area contributed by atoms with E-state index in [1.807, 2.05) is 0 Å². The van der Waals surface area contributed by atoms with E-state index >= 15 is 0 Å². The zero-order valence-electron chi connectivity index (χ0n) is 36.5. The van der Waals surface area contributed by atoms with Crippen molar-refractivity contribution in [1.29, 1.82) is 0 Å². The Labute approximate surface area is 350 Å². The summed E-state index contributed by atoms with van der Waals surface area (Å²) in [5.41, 5.74) is -1.35. The van der Waals surface area contributed by atoms with Crippen molar-refractivity contribution in [3.05, 3.63) is 0 Å². The number of carbonyl (C=O) groups is 5. The average molecular weight is 821 g/mol. The quantitative estimate of drug-likeness (QED) is 0.0370. The van der Waals surface area contributed by atoms with Crippen molar-refractivity contribution in [2.75, 3.05) is 39.6 Å². The summed E-state index contributed by atoms with van der Waals surface area (Å²) < 4.78 is 27.6. The molecular weight excluding hydrogens is 741 g/mol. The van der Waals surface area contributed by atoms with Gasteiger partial charge in [0.1, 0.15) is 19.8 Å². The van der Waals surface area contributed by atoms with Crippen molar-refractivity contribution in [3.8, 4) is 0 Å². The van der Waals surface area contributed by atoms with Gasteiger partial charge in [-0.3, -0.25) is 24.0 Å². The van der Waals surface area contributed by atoms with Crippen LogP contribution in [0, 0.1) is 28.6 Å². The molecule has 0 saturated heterocycles. The lowest BCUT2D eigenvalue weighted by Gasteiger charge is -2.56. The van der Waals surface area contributed by atoms with Gasteiger partial charge in [0.05, 0.1) is 31.7 Å². The molecule has 0 aliphatic heterocycles. The molecule has 4 saturated carbocycles. The van der Waals surface area contributed by atoms with E-state index in [2.05, 4.69) is 13.8 Å². The summed E-state index contributed by atoms with van der Waals surface area (Å²) in [4.78, 5) is 63.2. The highest BCUT2D eigenvalue weighted by atomic mass is 16.6. The molecule has 4 aliphatic rings. The number of aliphatic hydroxyl groups is 1. The van der Waals surface area contributed by atoms with Crippen LogP contribution in [-0.2, 0) is 47.7 Å². The SMILES string of the molecule is CCCCCCCCCOC(=O)CCCCC(=O)OCC(CO)(COC(=O)CCCCC(=O)OCCCCCCCCC)COC(=O)CC12CC3CC(CC(C3)C1)C2. The molecule has 4 bridgehead atoms. The fourth-order valence-corrected chi connectivity index (χ4v) is 9.68. The Morgan fingerprint density at radius 2 is 0.793 bits per heavy atom. The van der Waals surface area contributed by atoms with Gasteiger partial charge in [-0.2, -0.15) is 0 Å². The van der Waals surface area contributed by atoms with Gasteiger partial charge >= 0.3 is 29.8 Å². The minimum atomic E-state index is -1.33. The lowest BCUT2D eigenvalue weighted by molar-refractivity contribution is -0.168. The van der Waals surface area contributed by atoms with Crippen LogP contribution in [0.3, 0.4) is 0 Å². The van der Waals surface area contributed by atoms with Crippen LogP contribution in [0.5, 0.6) is 0 Å². The van der Waals surface area contributed by atoms with Gasteiger partial charge in [-0.15, -0.1) is 0 Å².